The summed E-state index contributed by atoms with van der Waals surface area (Å²) in [6.07, 6.45) is -11.6. The Balaban J connectivity index is -0.000000267. The normalized spacial score (nSPS) is 10.1. The predicted molar refractivity (Wildman–Crippen MR) is 28.4 cm³/mol. The van der Waals surface area contributed by atoms with Crippen LogP contribution in [0.1, 0.15) is 6.92 Å². The SMILES string of the molecule is CC#N.O=C(C(F)(F)F)C(F)(F)F.[Ru+3]. The Kier molecular flexibility index (Phi) is 9.19. The minimum absolute atomic E-state index is 0. The Morgan fingerprint density at radius 1 is 1.07 bits per heavy atom. The Bertz CT molecular complexity index is 198. The molecule has 0 rings (SSSR count). The van der Waals surface area contributed by atoms with Gasteiger partial charge >= 0.3 is 37.6 Å². The molecule has 0 N–H and O–H groups in total. The van der Waals surface area contributed by atoms with Gasteiger partial charge < -0.3 is 0 Å². The molecule has 0 aliphatic rings. The van der Waals surface area contributed by atoms with Crippen LogP contribution in [0.25, 0.3) is 0 Å². The molecule has 0 heterocycles. The van der Waals surface area contributed by atoms with E-state index in [1.54, 1.807) is 6.07 Å². The van der Waals surface area contributed by atoms with Crippen molar-refractivity contribution in [2.45, 2.75) is 19.3 Å². The summed E-state index contributed by atoms with van der Waals surface area (Å²) in [5.41, 5.74) is 0. The number of alkyl halides is 6. The maximum atomic E-state index is 10.9. The van der Waals surface area contributed by atoms with Gasteiger partial charge in [-0.2, -0.15) is 31.6 Å². The summed E-state index contributed by atoms with van der Waals surface area (Å²) in [5, 5.41) is 7.32. The minimum Gasteiger partial charge on any atom is -0.279 e. The fraction of sp³-hybridized carbons (Fsp3) is 0.600. The standard InChI is InChI=1S/C3F6O.C2H3N.Ru/c4-2(5,6)1(10)3(7,8)9;1-2-3;/h;1H3;/q;;+3. The van der Waals surface area contributed by atoms with Crippen molar-refractivity contribution in [3.05, 3.63) is 0 Å². The molecule has 0 bridgehead atoms. The Labute approximate surface area is 87.6 Å². The van der Waals surface area contributed by atoms with Crippen LogP contribution in [0.4, 0.5) is 26.3 Å². The number of nitrogens with zero attached hydrogens (tertiary/aromatic N) is 1. The predicted octanol–water partition coefficient (Wildman–Crippen LogP) is 2.21. The third kappa shape index (κ3) is 9.45. The van der Waals surface area contributed by atoms with E-state index in [1.165, 1.54) is 6.92 Å². The van der Waals surface area contributed by atoms with Gasteiger partial charge in [0.05, 0.1) is 6.07 Å². The Hall–Kier alpha value is -0.637. The molecule has 0 unspecified atom stereocenters. The van der Waals surface area contributed by atoms with Crippen LogP contribution in [-0.2, 0) is 24.3 Å². The van der Waals surface area contributed by atoms with Gasteiger partial charge in [0.2, 0.25) is 0 Å². The van der Waals surface area contributed by atoms with Crippen molar-refractivity contribution < 1.29 is 50.6 Å². The number of carbonyl (C=O) groups is 1. The Morgan fingerprint density at radius 3 is 1.21 bits per heavy atom. The molecule has 14 heavy (non-hydrogen) atoms. The van der Waals surface area contributed by atoms with Crippen LogP contribution in [-0.4, -0.2) is 18.1 Å². The van der Waals surface area contributed by atoms with E-state index in [4.69, 9.17) is 5.26 Å². The van der Waals surface area contributed by atoms with E-state index in [0.717, 1.165) is 0 Å². The monoisotopic (exact) mass is 309 g/mol. The second kappa shape index (κ2) is 6.76. The number of ketones is 1. The van der Waals surface area contributed by atoms with Crippen molar-refractivity contribution in [1.29, 1.82) is 5.26 Å². The first-order valence-electron chi connectivity index (χ1n) is 2.56. The van der Waals surface area contributed by atoms with Gasteiger partial charge in [0, 0.05) is 6.92 Å². The fourth-order valence-electron chi connectivity index (χ4n) is 0.161. The molecule has 2 nitrogen and oxygen atoms in total. The van der Waals surface area contributed by atoms with Gasteiger partial charge in [-0.15, -0.1) is 0 Å². The van der Waals surface area contributed by atoms with Crippen LogP contribution in [0.15, 0.2) is 0 Å². The van der Waals surface area contributed by atoms with Gasteiger partial charge in [-0.1, -0.05) is 0 Å². The number of halogens is 6. The second-order valence-electron chi connectivity index (χ2n) is 1.55. The quantitative estimate of drug-likeness (QED) is 0.508. The smallest absolute Gasteiger partial charge is 0.279 e. The molecule has 1 radical (unpaired) electrons. The average molecular weight is 308 g/mol. The third-order valence-electron chi connectivity index (χ3n) is 0.515. The third-order valence-corrected chi connectivity index (χ3v) is 0.515. The first kappa shape index (κ1) is 19.0. The molecule has 0 atom stereocenters. The van der Waals surface area contributed by atoms with Gasteiger partial charge in [-0.25, -0.2) is 0 Å². The first-order valence-corrected chi connectivity index (χ1v) is 2.56. The van der Waals surface area contributed by atoms with Crippen LogP contribution in [0, 0.1) is 11.3 Å². The van der Waals surface area contributed by atoms with E-state index in [1.807, 2.05) is 0 Å². The van der Waals surface area contributed by atoms with Crippen molar-refractivity contribution in [3.63, 3.8) is 0 Å². The molecule has 81 valence electrons. The zero-order valence-electron chi connectivity index (χ0n) is 6.48. The summed E-state index contributed by atoms with van der Waals surface area (Å²) in [4.78, 5) is 9.24. The molecule has 0 aliphatic heterocycles. The summed E-state index contributed by atoms with van der Waals surface area (Å²) >= 11 is 0. The molecule has 9 heteroatoms. The summed E-state index contributed by atoms with van der Waals surface area (Å²) in [5.74, 6) is -3.68. The molecule has 0 spiro atoms. The van der Waals surface area contributed by atoms with Crippen LogP contribution >= 0.6 is 0 Å². The zero-order valence-corrected chi connectivity index (χ0v) is 8.21. The van der Waals surface area contributed by atoms with E-state index in [0.29, 0.717) is 0 Å². The van der Waals surface area contributed by atoms with Gasteiger partial charge in [0.1, 0.15) is 0 Å². The summed E-state index contributed by atoms with van der Waals surface area (Å²) in [6, 6.07) is 1.75. The first-order chi connectivity index (χ1) is 5.57. The van der Waals surface area contributed by atoms with Crippen molar-refractivity contribution >= 4 is 5.78 Å². The zero-order chi connectivity index (χ0) is 11.3. The van der Waals surface area contributed by atoms with Gasteiger partial charge in [0.25, 0.3) is 0 Å². The van der Waals surface area contributed by atoms with Crippen molar-refractivity contribution in [2.75, 3.05) is 0 Å². The van der Waals surface area contributed by atoms with E-state index >= 15 is 0 Å². The second-order valence-corrected chi connectivity index (χ2v) is 1.55. The molecule has 0 amide bonds. The average Bonchev–Trinajstić information content (AvgIpc) is 1.84. The number of carbonyl (C=O) groups excluding carboxylic acids is 1. The number of rotatable bonds is 0. The molecule has 0 aromatic carbocycles. The summed E-state index contributed by atoms with van der Waals surface area (Å²) in [7, 11) is 0. The maximum absolute atomic E-state index is 10.9. The van der Waals surface area contributed by atoms with Crippen LogP contribution in [0.5, 0.6) is 0 Å². The van der Waals surface area contributed by atoms with Crippen LogP contribution in [0.2, 0.25) is 0 Å². The van der Waals surface area contributed by atoms with E-state index in [9.17, 15) is 31.1 Å². The summed E-state index contributed by atoms with van der Waals surface area (Å²) < 4.78 is 65.3. The molecule has 0 fully saturated rings. The van der Waals surface area contributed by atoms with Crippen LogP contribution < -0.4 is 0 Å². The molecule has 0 saturated heterocycles. The van der Waals surface area contributed by atoms with Gasteiger partial charge in [0.15, 0.2) is 0 Å². The fourth-order valence-corrected chi connectivity index (χ4v) is 0.161. The summed E-state index contributed by atoms with van der Waals surface area (Å²) in [6.45, 7) is 1.43. The van der Waals surface area contributed by atoms with Crippen molar-refractivity contribution in [3.8, 4) is 6.07 Å². The molecular weight excluding hydrogens is 305 g/mol. The Morgan fingerprint density at radius 2 is 1.21 bits per heavy atom. The largest absolute Gasteiger partial charge is 3.00 e. The number of Topliss-reactive ketones (excluding diaryl/α,β-unsaturated/α-hetero) is 1. The van der Waals surface area contributed by atoms with Crippen molar-refractivity contribution in [2.24, 2.45) is 0 Å². The molecular formula is C5H3F6NORu+3. The maximum Gasteiger partial charge on any atom is 3.00 e. The molecule has 0 aliphatic carbocycles. The molecule has 0 saturated carbocycles. The van der Waals surface area contributed by atoms with Gasteiger partial charge in [-0.05, 0) is 0 Å². The topological polar surface area (TPSA) is 40.9 Å². The van der Waals surface area contributed by atoms with Crippen LogP contribution in [0.3, 0.4) is 0 Å². The molecule has 0 aromatic heterocycles. The van der Waals surface area contributed by atoms with E-state index in [2.05, 4.69) is 0 Å². The minimum atomic E-state index is -5.82. The van der Waals surface area contributed by atoms with E-state index in [-0.39, 0.29) is 19.5 Å². The van der Waals surface area contributed by atoms with Gasteiger partial charge in [-0.3, -0.25) is 4.79 Å². The molecule has 0 aromatic rings. The number of hydrogen-bond acceptors (Lipinski definition) is 2. The number of hydrogen-bond donors (Lipinski definition) is 0. The number of nitriles is 1. The van der Waals surface area contributed by atoms with Crippen molar-refractivity contribution in [1.82, 2.24) is 0 Å². The van der Waals surface area contributed by atoms with E-state index < -0.39 is 18.1 Å².